The zero-order valence-corrected chi connectivity index (χ0v) is 9.08. The molecule has 11 heavy (non-hydrogen) atoms. The summed E-state index contributed by atoms with van der Waals surface area (Å²) in [5.74, 6) is 0. The van der Waals surface area contributed by atoms with Crippen molar-refractivity contribution in [3.63, 3.8) is 0 Å². The predicted octanol–water partition coefficient (Wildman–Crippen LogP) is 2.98. The highest BCUT2D eigenvalue weighted by molar-refractivity contribution is 5.12. The molecule has 1 nitrogen and oxygen atoms in total. The van der Waals surface area contributed by atoms with Gasteiger partial charge in [-0.1, -0.05) is 25.0 Å². The van der Waals surface area contributed by atoms with Gasteiger partial charge in [-0.05, 0) is 34.7 Å². The zero-order valence-electron chi connectivity index (χ0n) is 9.08. The molecule has 1 atom stereocenters. The normalized spacial score (nSPS) is 11.2. The van der Waals surface area contributed by atoms with E-state index in [1.54, 1.807) is 0 Å². The smallest absolute Gasteiger partial charge is 0.0247 e. The lowest BCUT2D eigenvalue weighted by Gasteiger charge is -2.11. The van der Waals surface area contributed by atoms with Crippen LogP contribution in [0.2, 0.25) is 0 Å². The fraction of sp³-hybridized carbons (Fsp3) is 0.800. The Morgan fingerprint density at radius 1 is 1.09 bits per heavy atom. The molecule has 1 heteroatoms. The fourth-order valence-corrected chi connectivity index (χ4v) is 0.650. The number of rotatable bonds is 2. The van der Waals surface area contributed by atoms with Crippen LogP contribution in [0.5, 0.6) is 0 Å². The molecular formula is C10H23N. The van der Waals surface area contributed by atoms with Gasteiger partial charge >= 0.3 is 0 Å². The van der Waals surface area contributed by atoms with Crippen molar-refractivity contribution in [2.24, 2.45) is 0 Å². The second-order valence-corrected chi connectivity index (χ2v) is 2.69. The molecule has 0 aromatic rings. The first-order valence-corrected chi connectivity index (χ1v) is 4.40. The summed E-state index contributed by atoms with van der Waals surface area (Å²) in [5, 5.41) is 3.19. The summed E-state index contributed by atoms with van der Waals surface area (Å²) in [7, 11) is 1.98. The van der Waals surface area contributed by atoms with Gasteiger partial charge in [-0.2, -0.15) is 0 Å². The molecule has 0 rings (SSSR count). The maximum atomic E-state index is 3.19. The summed E-state index contributed by atoms with van der Waals surface area (Å²) in [5.41, 5.74) is 2.86. The van der Waals surface area contributed by atoms with Crippen LogP contribution in [0.3, 0.4) is 0 Å². The maximum absolute atomic E-state index is 3.19. The third kappa shape index (κ3) is 6.11. The Bertz CT molecular complexity index is 110. The third-order valence-corrected chi connectivity index (χ3v) is 1.87. The van der Waals surface area contributed by atoms with E-state index in [4.69, 9.17) is 0 Å². The maximum Gasteiger partial charge on any atom is 0.0247 e. The molecule has 0 radical (unpaired) electrons. The van der Waals surface area contributed by atoms with Gasteiger partial charge < -0.3 is 5.32 Å². The van der Waals surface area contributed by atoms with E-state index in [9.17, 15) is 0 Å². The van der Waals surface area contributed by atoms with Gasteiger partial charge in [0.2, 0.25) is 0 Å². The van der Waals surface area contributed by atoms with Crippen molar-refractivity contribution in [3.05, 3.63) is 11.1 Å². The average Bonchev–Trinajstić information content (AvgIpc) is 2.05. The molecule has 1 N–H and O–H groups in total. The van der Waals surface area contributed by atoms with E-state index < -0.39 is 0 Å². The minimum Gasteiger partial charge on any atom is -0.314 e. The minimum absolute atomic E-state index is 0.523. The highest BCUT2D eigenvalue weighted by atomic mass is 14.9. The molecule has 68 valence electrons. The number of allylic oxidation sites excluding steroid dienone is 1. The number of nitrogens with one attached hydrogen (secondary N) is 1. The zero-order chi connectivity index (χ0) is 9.44. The van der Waals surface area contributed by atoms with Crippen molar-refractivity contribution in [1.29, 1.82) is 0 Å². The van der Waals surface area contributed by atoms with E-state index in [0.29, 0.717) is 6.04 Å². The Morgan fingerprint density at radius 2 is 1.45 bits per heavy atom. The lowest BCUT2D eigenvalue weighted by Crippen LogP contribution is -2.22. The van der Waals surface area contributed by atoms with Gasteiger partial charge in [0.05, 0.1) is 0 Å². The number of hydrogen-bond donors (Lipinski definition) is 1. The quantitative estimate of drug-likeness (QED) is 0.608. The lowest BCUT2D eigenvalue weighted by molar-refractivity contribution is 0.685. The first-order chi connectivity index (χ1) is 5.09. The number of likely N-dealkylation sites (N-methyl/N-ethyl adjacent to an activating group) is 1. The first kappa shape index (κ1) is 13.3. The molecule has 0 heterocycles. The van der Waals surface area contributed by atoms with Crippen LogP contribution in [0.4, 0.5) is 0 Å². The Kier molecular flexibility index (Phi) is 9.44. The molecule has 0 saturated carbocycles. The summed E-state index contributed by atoms with van der Waals surface area (Å²) in [6.07, 6.45) is 0. The third-order valence-electron chi connectivity index (χ3n) is 1.87. The van der Waals surface area contributed by atoms with E-state index in [2.05, 4.69) is 33.0 Å². The van der Waals surface area contributed by atoms with E-state index >= 15 is 0 Å². The van der Waals surface area contributed by atoms with Crippen LogP contribution in [0.1, 0.15) is 41.5 Å². The van der Waals surface area contributed by atoms with Gasteiger partial charge in [0, 0.05) is 6.04 Å². The molecule has 1 unspecified atom stereocenters. The van der Waals surface area contributed by atoms with Crippen LogP contribution in [-0.2, 0) is 0 Å². The summed E-state index contributed by atoms with van der Waals surface area (Å²) in [6, 6.07) is 0.523. The lowest BCUT2D eigenvalue weighted by atomic mass is 10.1. The van der Waals surface area contributed by atoms with E-state index in [1.807, 2.05) is 20.9 Å². The first-order valence-electron chi connectivity index (χ1n) is 4.40. The molecule has 0 amide bonds. The largest absolute Gasteiger partial charge is 0.314 e. The topological polar surface area (TPSA) is 12.0 Å². The molecule has 0 aromatic heterocycles. The van der Waals surface area contributed by atoms with Crippen molar-refractivity contribution < 1.29 is 0 Å². The predicted molar refractivity (Wildman–Crippen MR) is 53.9 cm³/mol. The van der Waals surface area contributed by atoms with Gasteiger partial charge in [0.1, 0.15) is 0 Å². The molecule has 0 aliphatic heterocycles. The van der Waals surface area contributed by atoms with Gasteiger partial charge in [0.25, 0.3) is 0 Å². The van der Waals surface area contributed by atoms with Gasteiger partial charge in [-0.3, -0.25) is 0 Å². The van der Waals surface area contributed by atoms with Crippen LogP contribution >= 0.6 is 0 Å². The van der Waals surface area contributed by atoms with Crippen LogP contribution in [0.25, 0.3) is 0 Å². The second-order valence-electron chi connectivity index (χ2n) is 2.69. The van der Waals surface area contributed by atoms with Crippen molar-refractivity contribution in [2.45, 2.75) is 47.6 Å². The van der Waals surface area contributed by atoms with E-state index in [0.717, 1.165) is 0 Å². The van der Waals surface area contributed by atoms with Gasteiger partial charge in [-0.15, -0.1) is 0 Å². The van der Waals surface area contributed by atoms with Crippen molar-refractivity contribution in [2.75, 3.05) is 7.05 Å². The summed E-state index contributed by atoms with van der Waals surface area (Å²) >= 11 is 0. The summed E-state index contributed by atoms with van der Waals surface area (Å²) in [6.45, 7) is 12.6. The standard InChI is InChI=1S/C8H17N.C2H6/c1-6(2)7(3)8(4)9-5;1-2/h8-9H,1-5H3;1-2H3. The molecule has 0 aromatic carbocycles. The Labute approximate surface area is 71.9 Å². The van der Waals surface area contributed by atoms with Crippen molar-refractivity contribution in [3.8, 4) is 0 Å². The monoisotopic (exact) mass is 157 g/mol. The average molecular weight is 157 g/mol. The molecule has 0 spiro atoms. The molecule has 0 aliphatic rings. The summed E-state index contributed by atoms with van der Waals surface area (Å²) < 4.78 is 0. The Morgan fingerprint density at radius 3 is 1.55 bits per heavy atom. The second kappa shape index (κ2) is 7.80. The highest BCUT2D eigenvalue weighted by Gasteiger charge is 1.99. The van der Waals surface area contributed by atoms with Gasteiger partial charge in [0.15, 0.2) is 0 Å². The van der Waals surface area contributed by atoms with Crippen LogP contribution in [-0.4, -0.2) is 13.1 Å². The molecule has 0 bridgehead atoms. The van der Waals surface area contributed by atoms with E-state index in [1.165, 1.54) is 11.1 Å². The fourth-order valence-electron chi connectivity index (χ4n) is 0.650. The molecule has 0 aliphatic carbocycles. The highest BCUT2D eigenvalue weighted by Crippen LogP contribution is 2.05. The Hall–Kier alpha value is -0.300. The SMILES string of the molecule is CC.CNC(C)C(C)=C(C)C. The molecule has 0 fully saturated rings. The van der Waals surface area contributed by atoms with Crippen LogP contribution < -0.4 is 5.32 Å². The Balaban J connectivity index is 0. The van der Waals surface area contributed by atoms with Gasteiger partial charge in [-0.25, -0.2) is 0 Å². The van der Waals surface area contributed by atoms with Crippen molar-refractivity contribution in [1.82, 2.24) is 5.32 Å². The van der Waals surface area contributed by atoms with Crippen LogP contribution in [0, 0.1) is 0 Å². The summed E-state index contributed by atoms with van der Waals surface area (Å²) in [4.78, 5) is 0. The molecular weight excluding hydrogens is 134 g/mol. The minimum atomic E-state index is 0.523. The number of hydrogen-bond acceptors (Lipinski definition) is 1. The van der Waals surface area contributed by atoms with E-state index in [-0.39, 0.29) is 0 Å². The molecule has 0 saturated heterocycles. The van der Waals surface area contributed by atoms with Crippen molar-refractivity contribution >= 4 is 0 Å². The van der Waals surface area contributed by atoms with Crippen LogP contribution in [0.15, 0.2) is 11.1 Å².